The van der Waals surface area contributed by atoms with Crippen LogP contribution < -0.4 is 5.32 Å². The minimum atomic E-state index is -0.514. The standard InChI is InChI=1S/C21H27N5O2/c1-14(2)24-21-22-11-18(12-23-21)20(28)26-9-8-25(19(27)16(26)4)13-17-7-5-6-15(3)10-17/h5-7,10-12,14,16H,8-9,13H2,1-4H3,(H,22,23,24)/t16-/m1/s1. The van der Waals surface area contributed by atoms with Gasteiger partial charge in [-0.15, -0.1) is 0 Å². The first kappa shape index (κ1) is 19.8. The molecule has 1 N–H and O–H groups in total. The van der Waals surface area contributed by atoms with E-state index in [0.29, 0.717) is 31.1 Å². The van der Waals surface area contributed by atoms with E-state index >= 15 is 0 Å². The number of carbonyl (C=O) groups excluding carboxylic acids is 2. The number of rotatable bonds is 5. The molecule has 1 fully saturated rings. The summed E-state index contributed by atoms with van der Waals surface area (Å²) in [4.78, 5) is 37.5. The molecule has 1 saturated heterocycles. The number of nitrogens with one attached hydrogen (secondary N) is 1. The molecule has 3 rings (SSSR count). The first-order valence-electron chi connectivity index (χ1n) is 9.59. The second kappa shape index (κ2) is 8.37. The summed E-state index contributed by atoms with van der Waals surface area (Å²) in [6.07, 6.45) is 3.02. The van der Waals surface area contributed by atoms with E-state index in [4.69, 9.17) is 0 Å². The smallest absolute Gasteiger partial charge is 0.257 e. The van der Waals surface area contributed by atoms with Gasteiger partial charge in [0.05, 0.1) is 5.56 Å². The van der Waals surface area contributed by atoms with Crippen LogP contribution in [0, 0.1) is 6.92 Å². The molecule has 2 aromatic rings. The van der Waals surface area contributed by atoms with Crippen LogP contribution >= 0.6 is 0 Å². The fraction of sp³-hybridized carbons (Fsp3) is 0.429. The maximum Gasteiger partial charge on any atom is 0.257 e. The van der Waals surface area contributed by atoms with Gasteiger partial charge in [-0.2, -0.15) is 0 Å². The first-order chi connectivity index (χ1) is 13.3. The highest BCUT2D eigenvalue weighted by Gasteiger charge is 2.34. The normalized spacial score (nSPS) is 17.2. The summed E-state index contributed by atoms with van der Waals surface area (Å²) in [7, 11) is 0. The van der Waals surface area contributed by atoms with Gasteiger partial charge in [0, 0.05) is 38.1 Å². The second-order valence-electron chi connectivity index (χ2n) is 7.52. The van der Waals surface area contributed by atoms with Crippen molar-refractivity contribution in [2.75, 3.05) is 18.4 Å². The molecule has 1 atom stereocenters. The molecule has 2 heterocycles. The van der Waals surface area contributed by atoms with Crippen LogP contribution in [0.25, 0.3) is 0 Å². The lowest BCUT2D eigenvalue weighted by Gasteiger charge is -2.39. The number of anilines is 1. The van der Waals surface area contributed by atoms with Crippen LogP contribution in [0.15, 0.2) is 36.7 Å². The van der Waals surface area contributed by atoms with E-state index in [2.05, 4.69) is 21.4 Å². The summed E-state index contributed by atoms with van der Waals surface area (Å²) in [5, 5.41) is 3.09. The summed E-state index contributed by atoms with van der Waals surface area (Å²) < 4.78 is 0. The number of carbonyl (C=O) groups is 2. The number of benzene rings is 1. The van der Waals surface area contributed by atoms with Crippen LogP contribution in [0.5, 0.6) is 0 Å². The molecule has 2 amide bonds. The molecule has 1 aromatic carbocycles. The fourth-order valence-corrected chi connectivity index (χ4v) is 3.33. The molecule has 0 unspecified atom stereocenters. The lowest BCUT2D eigenvalue weighted by atomic mass is 10.1. The number of hydrogen-bond acceptors (Lipinski definition) is 5. The first-order valence-corrected chi connectivity index (χ1v) is 9.59. The van der Waals surface area contributed by atoms with E-state index in [-0.39, 0.29) is 17.9 Å². The molecule has 7 heteroatoms. The zero-order valence-corrected chi connectivity index (χ0v) is 16.8. The molecule has 28 heavy (non-hydrogen) atoms. The highest BCUT2D eigenvalue weighted by Crippen LogP contribution is 2.18. The van der Waals surface area contributed by atoms with Crippen molar-refractivity contribution in [2.45, 2.75) is 46.3 Å². The van der Waals surface area contributed by atoms with Crippen molar-refractivity contribution in [1.82, 2.24) is 19.8 Å². The van der Waals surface area contributed by atoms with Gasteiger partial charge >= 0.3 is 0 Å². The summed E-state index contributed by atoms with van der Waals surface area (Å²) in [5.74, 6) is 0.228. The van der Waals surface area contributed by atoms with Gasteiger partial charge in [0.15, 0.2) is 0 Å². The SMILES string of the molecule is Cc1cccc(CN2CCN(C(=O)c3cnc(NC(C)C)nc3)[C@H](C)C2=O)c1. The Morgan fingerprint density at radius 3 is 2.61 bits per heavy atom. The predicted octanol–water partition coefficient (Wildman–Crippen LogP) is 2.48. The molecule has 148 valence electrons. The van der Waals surface area contributed by atoms with E-state index in [0.717, 1.165) is 5.56 Å². The average molecular weight is 381 g/mol. The van der Waals surface area contributed by atoms with Crippen molar-refractivity contribution in [3.8, 4) is 0 Å². The molecule has 1 aliphatic rings. The van der Waals surface area contributed by atoms with E-state index in [9.17, 15) is 9.59 Å². The van der Waals surface area contributed by atoms with Crippen LogP contribution in [0.4, 0.5) is 5.95 Å². The third-order valence-electron chi connectivity index (χ3n) is 4.78. The summed E-state index contributed by atoms with van der Waals surface area (Å²) in [6.45, 7) is 9.36. The number of aryl methyl sites for hydroxylation is 1. The molecule has 0 bridgehead atoms. The van der Waals surface area contributed by atoms with Crippen molar-refractivity contribution >= 4 is 17.8 Å². The number of nitrogens with zero attached hydrogens (tertiary/aromatic N) is 4. The molecule has 1 aliphatic heterocycles. The zero-order valence-electron chi connectivity index (χ0n) is 16.8. The van der Waals surface area contributed by atoms with Crippen molar-refractivity contribution in [3.63, 3.8) is 0 Å². The molecule has 0 saturated carbocycles. The largest absolute Gasteiger partial charge is 0.352 e. The predicted molar refractivity (Wildman–Crippen MR) is 108 cm³/mol. The third-order valence-corrected chi connectivity index (χ3v) is 4.78. The molecule has 0 radical (unpaired) electrons. The van der Waals surface area contributed by atoms with Crippen LogP contribution in [-0.2, 0) is 11.3 Å². The lowest BCUT2D eigenvalue weighted by molar-refractivity contribution is -0.140. The van der Waals surface area contributed by atoms with Crippen molar-refractivity contribution in [3.05, 3.63) is 53.3 Å². The Hall–Kier alpha value is -2.96. The number of hydrogen-bond donors (Lipinski definition) is 1. The van der Waals surface area contributed by atoms with E-state index in [1.54, 1.807) is 11.8 Å². The van der Waals surface area contributed by atoms with Crippen LogP contribution in [0.2, 0.25) is 0 Å². The number of piperazine rings is 1. The van der Waals surface area contributed by atoms with Crippen molar-refractivity contribution in [2.24, 2.45) is 0 Å². The van der Waals surface area contributed by atoms with Crippen LogP contribution in [0.3, 0.4) is 0 Å². The molecule has 1 aromatic heterocycles. The van der Waals surface area contributed by atoms with E-state index < -0.39 is 6.04 Å². The topological polar surface area (TPSA) is 78.4 Å². The van der Waals surface area contributed by atoms with Crippen LogP contribution in [-0.4, -0.2) is 56.8 Å². The third kappa shape index (κ3) is 4.47. The minimum Gasteiger partial charge on any atom is -0.352 e. The van der Waals surface area contributed by atoms with Gasteiger partial charge in [-0.3, -0.25) is 9.59 Å². The molecule has 0 aliphatic carbocycles. The molecule has 0 spiro atoms. The Balaban J connectivity index is 1.66. The van der Waals surface area contributed by atoms with Gasteiger partial charge in [0.25, 0.3) is 5.91 Å². The monoisotopic (exact) mass is 381 g/mol. The average Bonchev–Trinajstić information content (AvgIpc) is 2.65. The van der Waals surface area contributed by atoms with Gasteiger partial charge < -0.3 is 15.1 Å². The van der Waals surface area contributed by atoms with Gasteiger partial charge in [-0.05, 0) is 33.3 Å². The minimum absolute atomic E-state index is 0.0416. The van der Waals surface area contributed by atoms with E-state index in [1.165, 1.54) is 18.0 Å². The van der Waals surface area contributed by atoms with Gasteiger partial charge in [-0.25, -0.2) is 9.97 Å². The summed E-state index contributed by atoms with van der Waals surface area (Å²) in [6, 6.07) is 7.83. The Morgan fingerprint density at radius 1 is 1.25 bits per heavy atom. The van der Waals surface area contributed by atoms with Gasteiger partial charge in [0.1, 0.15) is 6.04 Å². The second-order valence-corrected chi connectivity index (χ2v) is 7.52. The zero-order chi connectivity index (χ0) is 20.3. The maximum atomic E-state index is 12.9. The Labute approximate surface area is 165 Å². The molecule has 7 nitrogen and oxygen atoms in total. The van der Waals surface area contributed by atoms with E-state index in [1.807, 2.05) is 43.9 Å². The Morgan fingerprint density at radius 2 is 1.96 bits per heavy atom. The molecular weight excluding hydrogens is 354 g/mol. The molecular formula is C21H27N5O2. The van der Waals surface area contributed by atoms with Crippen molar-refractivity contribution < 1.29 is 9.59 Å². The Bertz CT molecular complexity index is 850. The maximum absolute atomic E-state index is 12.9. The number of aromatic nitrogens is 2. The number of amides is 2. The highest BCUT2D eigenvalue weighted by atomic mass is 16.2. The summed E-state index contributed by atoms with van der Waals surface area (Å²) >= 11 is 0. The Kier molecular flexibility index (Phi) is 5.92. The highest BCUT2D eigenvalue weighted by molar-refractivity contribution is 5.97. The van der Waals surface area contributed by atoms with Gasteiger partial charge in [-0.1, -0.05) is 29.8 Å². The van der Waals surface area contributed by atoms with Crippen molar-refractivity contribution in [1.29, 1.82) is 0 Å². The van der Waals surface area contributed by atoms with Gasteiger partial charge in [0.2, 0.25) is 11.9 Å². The quantitative estimate of drug-likeness (QED) is 0.861. The summed E-state index contributed by atoms with van der Waals surface area (Å²) in [5.41, 5.74) is 2.66. The van der Waals surface area contributed by atoms with Crippen LogP contribution in [0.1, 0.15) is 42.3 Å². The lowest BCUT2D eigenvalue weighted by Crippen LogP contribution is -2.57. The fourth-order valence-electron chi connectivity index (χ4n) is 3.33.